The van der Waals surface area contributed by atoms with Crippen LogP contribution in [0.1, 0.15) is 44.8 Å². The zero-order valence-electron chi connectivity index (χ0n) is 16.1. The molecule has 0 fully saturated rings. The lowest BCUT2D eigenvalue weighted by atomic mass is 10.2. The molecule has 9 heteroatoms. The molecule has 0 aliphatic heterocycles. The van der Waals surface area contributed by atoms with E-state index in [1.54, 1.807) is 22.8 Å². The topological polar surface area (TPSA) is 83.0 Å². The normalized spacial score (nSPS) is 11.6. The van der Waals surface area contributed by atoms with Crippen LogP contribution in [-0.2, 0) is 17.0 Å². The number of thioether (sulfide) groups is 1. The summed E-state index contributed by atoms with van der Waals surface area (Å²) in [5, 5.41) is 5.67. The molecule has 2 aromatic heterocycles. The summed E-state index contributed by atoms with van der Waals surface area (Å²) >= 11 is 7.48. The standard InChI is InChI=1S/C19H23ClN4O3S/c1-4-26-9-5-8-24-18(25)14-7-6-13(20)10-15(14)21-19(24)28-11-16-22-17(12(2)3)23-27-16/h6-7,10,12H,4-5,8-9,11H2,1-3H3. The monoisotopic (exact) mass is 422 g/mol. The number of rotatable bonds is 9. The van der Waals surface area contributed by atoms with Gasteiger partial charge in [-0.3, -0.25) is 9.36 Å². The highest BCUT2D eigenvalue weighted by atomic mass is 35.5. The molecule has 7 nitrogen and oxygen atoms in total. The summed E-state index contributed by atoms with van der Waals surface area (Å²) in [6.45, 7) is 7.73. The fourth-order valence-electron chi connectivity index (χ4n) is 2.64. The second-order valence-electron chi connectivity index (χ2n) is 6.55. The minimum atomic E-state index is -0.0888. The van der Waals surface area contributed by atoms with Crippen molar-refractivity contribution in [3.63, 3.8) is 0 Å². The number of aromatic nitrogens is 4. The lowest BCUT2D eigenvalue weighted by molar-refractivity contribution is 0.140. The van der Waals surface area contributed by atoms with Gasteiger partial charge in [-0.1, -0.05) is 42.4 Å². The van der Waals surface area contributed by atoms with E-state index in [0.717, 1.165) is 6.42 Å². The SMILES string of the molecule is CCOCCCn1c(SCc2nc(C(C)C)no2)nc2cc(Cl)ccc2c1=O. The van der Waals surface area contributed by atoms with Crippen molar-refractivity contribution in [2.24, 2.45) is 0 Å². The number of hydrogen-bond acceptors (Lipinski definition) is 7. The Morgan fingerprint density at radius 3 is 2.86 bits per heavy atom. The average Bonchev–Trinajstić information content (AvgIpc) is 3.14. The first-order valence-corrected chi connectivity index (χ1v) is 10.6. The number of ether oxygens (including phenoxy) is 1. The Kier molecular flexibility index (Phi) is 7.09. The van der Waals surface area contributed by atoms with E-state index in [1.165, 1.54) is 11.8 Å². The summed E-state index contributed by atoms with van der Waals surface area (Å²) in [6, 6.07) is 5.13. The van der Waals surface area contributed by atoms with E-state index in [0.29, 0.717) is 58.3 Å². The van der Waals surface area contributed by atoms with Gasteiger partial charge in [0.25, 0.3) is 5.56 Å². The van der Waals surface area contributed by atoms with Crippen molar-refractivity contribution in [3.8, 4) is 0 Å². The number of hydrogen-bond donors (Lipinski definition) is 0. The van der Waals surface area contributed by atoms with Gasteiger partial charge in [0.1, 0.15) is 0 Å². The Morgan fingerprint density at radius 2 is 2.14 bits per heavy atom. The smallest absolute Gasteiger partial charge is 0.262 e. The molecule has 0 spiro atoms. The zero-order valence-corrected chi connectivity index (χ0v) is 17.7. The summed E-state index contributed by atoms with van der Waals surface area (Å²) in [6.07, 6.45) is 0.722. The predicted molar refractivity (Wildman–Crippen MR) is 110 cm³/mol. The molecule has 2 heterocycles. The maximum atomic E-state index is 13.0. The van der Waals surface area contributed by atoms with Crippen molar-refractivity contribution < 1.29 is 9.26 Å². The minimum absolute atomic E-state index is 0.0888. The molecule has 0 N–H and O–H groups in total. The lowest BCUT2D eigenvalue weighted by Gasteiger charge is -2.12. The number of halogens is 1. The Hall–Kier alpha value is -1.90. The molecule has 1 aromatic carbocycles. The Labute approximate surface area is 172 Å². The van der Waals surface area contributed by atoms with E-state index in [1.807, 2.05) is 20.8 Å². The van der Waals surface area contributed by atoms with Crippen LogP contribution in [0, 0.1) is 0 Å². The van der Waals surface area contributed by atoms with Crippen LogP contribution in [0.2, 0.25) is 5.02 Å². The first-order valence-electron chi connectivity index (χ1n) is 9.22. The third-order valence-corrected chi connectivity index (χ3v) is 5.28. The van der Waals surface area contributed by atoms with E-state index in [9.17, 15) is 4.79 Å². The van der Waals surface area contributed by atoms with E-state index in [-0.39, 0.29) is 11.5 Å². The Bertz CT molecular complexity index is 1000. The van der Waals surface area contributed by atoms with E-state index < -0.39 is 0 Å². The van der Waals surface area contributed by atoms with Gasteiger partial charge in [0.15, 0.2) is 11.0 Å². The maximum absolute atomic E-state index is 13.0. The summed E-state index contributed by atoms with van der Waals surface area (Å²) in [7, 11) is 0. The summed E-state index contributed by atoms with van der Waals surface area (Å²) in [4.78, 5) is 22.1. The van der Waals surface area contributed by atoms with Crippen molar-refractivity contribution in [1.29, 1.82) is 0 Å². The summed E-state index contributed by atoms with van der Waals surface area (Å²) < 4.78 is 12.4. The highest BCUT2D eigenvalue weighted by molar-refractivity contribution is 7.98. The van der Waals surface area contributed by atoms with Crippen molar-refractivity contribution in [1.82, 2.24) is 19.7 Å². The van der Waals surface area contributed by atoms with Gasteiger partial charge in [-0.25, -0.2) is 4.98 Å². The maximum Gasteiger partial charge on any atom is 0.262 e. The highest BCUT2D eigenvalue weighted by Gasteiger charge is 2.15. The molecule has 0 aliphatic carbocycles. The molecule has 28 heavy (non-hydrogen) atoms. The minimum Gasteiger partial charge on any atom is -0.382 e. The van der Waals surface area contributed by atoms with Gasteiger partial charge in [0, 0.05) is 30.7 Å². The van der Waals surface area contributed by atoms with Gasteiger partial charge >= 0.3 is 0 Å². The molecule has 0 saturated carbocycles. The number of benzene rings is 1. The van der Waals surface area contributed by atoms with Crippen LogP contribution in [0.4, 0.5) is 0 Å². The van der Waals surface area contributed by atoms with Gasteiger partial charge in [-0.15, -0.1) is 0 Å². The van der Waals surface area contributed by atoms with E-state index >= 15 is 0 Å². The molecule has 0 unspecified atom stereocenters. The van der Waals surface area contributed by atoms with Crippen molar-refractivity contribution in [2.75, 3.05) is 13.2 Å². The lowest BCUT2D eigenvalue weighted by Crippen LogP contribution is -2.24. The van der Waals surface area contributed by atoms with Crippen LogP contribution in [0.3, 0.4) is 0 Å². The molecule has 0 amide bonds. The summed E-state index contributed by atoms with van der Waals surface area (Å²) in [5.74, 6) is 1.81. The van der Waals surface area contributed by atoms with Gasteiger partial charge in [-0.05, 0) is 31.5 Å². The molecule has 0 radical (unpaired) electrons. The number of fused-ring (bicyclic) bond motifs is 1. The highest BCUT2D eigenvalue weighted by Crippen LogP contribution is 2.24. The van der Waals surface area contributed by atoms with Crippen molar-refractivity contribution >= 4 is 34.3 Å². The molecular formula is C19H23ClN4O3S. The van der Waals surface area contributed by atoms with Crippen LogP contribution in [0.25, 0.3) is 10.9 Å². The first-order chi connectivity index (χ1) is 13.5. The quantitative estimate of drug-likeness (QED) is 0.289. The van der Waals surface area contributed by atoms with Gasteiger partial charge < -0.3 is 9.26 Å². The Balaban J connectivity index is 1.89. The number of nitrogens with zero attached hydrogens (tertiary/aromatic N) is 4. The molecule has 150 valence electrons. The largest absolute Gasteiger partial charge is 0.382 e. The molecule has 3 rings (SSSR count). The van der Waals surface area contributed by atoms with Crippen molar-refractivity contribution in [3.05, 3.63) is 45.3 Å². The van der Waals surface area contributed by atoms with Crippen LogP contribution < -0.4 is 5.56 Å². The van der Waals surface area contributed by atoms with Crippen LogP contribution in [0.5, 0.6) is 0 Å². The third-order valence-electron chi connectivity index (χ3n) is 4.08. The predicted octanol–water partition coefficient (Wildman–Crippen LogP) is 4.28. The fraction of sp³-hybridized carbons (Fsp3) is 0.474. The molecule has 0 aliphatic rings. The Morgan fingerprint density at radius 1 is 1.32 bits per heavy atom. The molecule has 0 bridgehead atoms. The molecule has 3 aromatic rings. The second-order valence-corrected chi connectivity index (χ2v) is 7.93. The zero-order chi connectivity index (χ0) is 20.1. The summed E-state index contributed by atoms with van der Waals surface area (Å²) in [5.41, 5.74) is 0.489. The third kappa shape index (κ3) is 4.92. The molecular weight excluding hydrogens is 400 g/mol. The second kappa shape index (κ2) is 9.54. The van der Waals surface area contributed by atoms with E-state index in [4.69, 9.17) is 20.9 Å². The van der Waals surface area contributed by atoms with Gasteiger partial charge in [0.05, 0.1) is 16.7 Å². The van der Waals surface area contributed by atoms with Gasteiger partial charge in [-0.2, -0.15) is 4.98 Å². The molecule has 0 atom stereocenters. The van der Waals surface area contributed by atoms with Crippen LogP contribution in [-0.4, -0.2) is 32.9 Å². The van der Waals surface area contributed by atoms with E-state index in [2.05, 4.69) is 15.1 Å². The van der Waals surface area contributed by atoms with Crippen LogP contribution >= 0.6 is 23.4 Å². The molecule has 0 saturated heterocycles. The average molecular weight is 423 g/mol. The van der Waals surface area contributed by atoms with Gasteiger partial charge in [0.2, 0.25) is 5.89 Å². The first kappa shape index (κ1) is 20.8. The van der Waals surface area contributed by atoms with Crippen molar-refractivity contribution in [2.45, 2.75) is 50.6 Å². The van der Waals surface area contributed by atoms with Crippen LogP contribution in [0.15, 0.2) is 32.7 Å². The fourth-order valence-corrected chi connectivity index (χ4v) is 3.67.